The number of nitrogens with zero attached hydrogens (tertiary/aromatic N) is 6. The predicted molar refractivity (Wildman–Crippen MR) is 257 cm³/mol. The number of carbonyl (C=O) groups is 1. The van der Waals surface area contributed by atoms with Crippen molar-refractivity contribution >= 4 is 41.7 Å². The zero-order chi connectivity index (χ0) is 47.3. The Bertz CT molecular complexity index is 2490. The van der Waals surface area contributed by atoms with Crippen LogP contribution >= 0.6 is 0 Å². The Hall–Kier alpha value is -4.62. The van der Waals surface area contributed by atoms with Gasteiger partial charge in [-0.05, 0) is 106 Å². The number of pyridine rings is 1. The van der Waals surface area contributed by atoms with E-state index in [2.05, 4.69) is 62.8 Å². The Balaban J connectivity index is 1.28. The molecule has 1 amide bonds. The lowest BCUT2D eigenvalue weighted by Crippen LogP contribution is -2.57. The first-order valence-electron chi connectivity index (χ1n) is 23.8. The molecule has 12 nitrogen and oxygen atoms in total. The van der Waals surface area contributed by atoms with Crippen LogP contribution in [-0.4, -0.2) is 122 Å². The van der Waals surface area contributed by atoms with E-state index in [1.165, 1.54) is 13.2 Å². The second kappa shape index (κ2) is 18.8. The Morgan fingerprint density at radius 1 is 0.939 bits per heavy atom. The van der Waals surface area contributed by atoms with E-state index in [4.69, 9.17) is 38.6 Å². The molecule has 0 radical (unpaired) electrons. The molecule has 4 fully saturated rings. The van der Waals surface area contributed by atoms with Gasteiger partial charge in [0, 0.05) is 50.5 Å². The Labute approximate surface area is 390 Å². The van der Waals surface area contributed by atoms with Crippen molar-refractivity contribution in [2.45, 2.75) is 147 Å². The number of methoxy groups -OCH3 is 2. The van der Waals surface area contributed by atoms with Crippen molar-refractivity contribution < 1.29 is 37.3 Å². The molecule has 4 aliphatic rings. The van der Waals surface area contributed by atoms with E-state index in [1.54, 1.807) is 31.5 Å². The molecule has 0 N–H and O–H groups in total. The van der Waals surface area contributed by atoms with Crippen molar-refractivity contribution in [3.63, 3.8) is 0 Å². The van der Waals surface area contributed by atoms with Gasteiger partial charge in [-0.2, -0.15) is 9.97 Å². The lowest BCUT2D eigenvalue weighted by atomic mass is 9.95. The van der Waals surface area contributed by atoms with Crippen LogP contribution in [0.3, 0.4) is 0 Å². The molecule has 15 heteroatoms. The quantitative estimate of drug-likeness (QED) is 0.0726. The average Bonchev–Trinajstić information content (AvgIpc) is 3.91. The molecule has 0 aliphatic carbocycles. The molecule has 356 valence electrons. The monoisotopic (exact) mass is 926 g/mol. The molecule has 4 atom stereocenters. The third kappa shape index (κ3) is 8.83. The number of aromatic nitrogens is 3. The van der Waals surface area contributed by atoms with Crippen LogP contribution in [0.15, 0.2) is 30.5 Å². The highest BCUT2D eigenvalue weighted by Crippen LogP contribution is 2.45. The summed E-state index contributed by atoms with van der Waals surface area (Å²) >= 11 is 0. The number of ether oxygens (including phenoxy) is 5. The minimum absolute atomic E-state index is 0.0256. The van der Waals surface area contributed by atoms with Gasteiger partial charge in [0.05, 0.1) is 35.2 Å². The molecular weight excluding hydrogens is 859 g/mol. The van der Waals surface area contributed by atoms with Crippen molar-refractivity contribution in [2.24, 2.45) is 0 Å². The van der Waals surface area contributed by atoms with Gasteiger partial charge in [0.2, 0.25) is 0 Å². The van der Waals surface area contributed by atoms with Gasteiger partial charge in [-0.25, -0.2) is 13.6 Å². The van der Waals surface area contributed by atoms with E-state index < -0.39 is 25.3 Å². The van der Waals surface area contributed by atoms with Gasteiger partial charge in [0.25, 0.3) is 0 Å². The number of amides is 1. The molecule has 4 aromatic rings. The van der Waals surface area contributed by atoms with Crippen LogP contribution in [-0.2, 0) is 14.2 Å². The fourth-order valence-electron chi connectivity index (χ4n) is 11.9. The second-order valence-corrected chi connectivity index (χ2v) is 26.4. The van der Waals surface area contributed by atoms with E-state index in [0.717, 1.165) is 45.1 Å². The van der Waals surface area contributed by atoms with Crippen LogP contribution in [0.25, 0.3) is 32.9 Å². The molecule has 0 saturated carbocycles. The summed E-state index contributed by atoms with van der Waals surface area (Å²) in [4.78, 5) is 34.7. The molecule has 8 rings (SSSR count). The fraction of sp³-hybridized carbons (Fsp3) is 0.608. The Morgan fingerprint density at radius 2 is 1.65 bits per heavy atom. The average molecular weight is 927 g/mol. The largest absolute Gasteiger partial charge is 0.468 e. The number of carbonyl (C=O) groups excluding carboxylic acids is 1. The van der Waals surface area contributed by atoms with Crippen molar-refractivity contribution in [1.29, 1.82) is 0 Å². The van der Waals surface area contributed by atoms with Crippen LogP contribution in [0.1, 0.15) is 106 Å². The summed E-state index contributed by atoms with van der Waals surface area (Å²) in [6.45, 7) is 21.7. The highest BCUT2D eigenvalue weighted by atomic mass is 28.3. The Morgan fingerprint density at radius 3 is 2.30 bits per heavy atom. The number of halogens is 2. The van der Waals surface area contributed by atoms with Crippen molar-refractivity contribution in [3.8, 4) is 34.5 Å². The zero-order valence-electron chi connectivity index (χ0n) is 40.7. The maximum absolute atomic E-state index is 18.0. The summed E-state index contributed by atoms with van der Waals surface area (Å²) in [7, 11) is 0.949. The molecule has 0 spiro atoms. The topological polar surface area (TPSA) is 112 Å². The van der Waals surface area contributed by atoms with Gasteiger partial charge < -0.3 is 28.6 Å². The lowest BCUT2D eigenvalue weighted by Gasteiger charge is -2.42. The highest BCUT2D eigenvalue weighted by molar-refractivity contribution is 6.90. The third-order valence-electron chi connectivity index (χ3n) is 14.8. The normalized spacial score (nSPS) is 22.2. The van der Waals surface area contributed by atoms with Gasteiger partial charge in [-0.15, -0.1) is 5.54 Å². The van der Waals surface area contributed by atoms with E-state index in [-0.39, 0.29) is 53.3 Å². The standard InChI is InChI=1S/C51H68F2N6O6Si/c1-31(2)66(32(3)4,33(5)6)22-18-39-42(52)16-13-34-23-38(64-30-62-11)24-40(43(34)39)45-44(53)46-41(25-54-45)47(57-26-35-14-15-36(27-57)59(35)49(60)65-50(7,8)9)56-48(55-46)63-29-51-19-12-21-58(51)37(17-20-51)28-61-10/h13,16,23-25,31-33,35-37H,12,14-15,17,19-21,26-30H2,1-11H3/t35-,36+,37?,51?. The maximum Gasteiger partial charge on any atom is 0.410 e. The molecule has 6 heterocycles. The number of piperazine rings is 1. The number of rotatable bonds is 13. The van der Waals surface area contributed by atoms with Gasteiger partial charge in [0.1, 0.15) is 48.9 Å². The molecule has 4 saturated heterocycles. The van der Waals surface area contributed by atoms with Crippen LogP contribution in [0.5, 0.6) is 11.8 Å². The highest BCUT2D eigenvalue weighted by Gasteiger charge is 2.50. The SMILES string of the molecule is COCOc1cc(-c2ncc3c(N4C[C@H]5CC[C@@H](C4)N5C(=O)OC(C)(C)C)nc(OCC45CCCN4C(COC)CC5)nc3c2F)c2c(C#C[Si](C(C)C)(C(C)C)C(C)C)c(F)ccc2c1. The number of hydrogen-bond acceptors (Lipinski definition) is 11. The van der Waals surface area contributed by atoms with E-state index in [9.17, 15) is 4.79 Å². The first-order chi connectivity index (χ1) is 31.4. The van der Waals surface area contributed by atoms with Gasteiger partial charge in [-0.3, -0.25) is 14.8 Å². The first-order valence-corrected chi connectivity index (χ1v) is 26.1. The molecule has 2 bridgehead atoms. The van der Waals surface area contributed by atoms with E-state index in [1.807, 2.05) is 25.7 Å². The van der Waals surface area contributed by atoms with E-state index >= 15 is 8.78 Å². The van der Waals surface area contributed by atoms with Gasteiger partial charge >= 0.3 is 12.1 Å². The summed E-state index contributed by atoms with van der Waals surface area (Å²) in [6.07, 6.45) is 6.84. The van der Waals surface area contributed by atoms with Crippen LogP contribution in [0.4, 0.5) is 19.4 Å². The number of benzene rings is 2. The van der Waals surface area contributed by atoms with Crippen molar-refractivity contribution in [2.75, 3.05) is 58.8 Å². The molecule has 4 aliphatic heterocycles. The smallest absolute Gasteiger partial charge is 0.410 e. The number of fused-ring (bicyclic) bond motifs is 5. The molecule has 2 aromatic carbocycles. The van der Waals surface area contributed by atoms with Crippen LogP contribution in [0, 0.1) is 23.1 Å². The molecule has 66 heavy (non-hydrogen) atoms. The van der Waals surface area contributed by atoms with Crippen LogP contribution < -0.4 is 14.4 Å². The summed E-state index contributed by atoms with van der Waals surface area (Å²) in [5.74, 6) is 3.04. The van der Waals surface area contributed by atoms with E-state index in [0.29, 0.717) is 82.3 Å². The summed E-state index contributed by atoms with van der Waals surface area (Å²) < 4.78 is 63.7. The maximum atomic E-state index is 18.0. The fourth-order valence-corrected chi connectivity index (χ4v) is 17.1. The minimum Gasteiger partial charge on any atom is -0.468 e. The predicted octanol–water partition coefficient (Wildman–Crippen LogP) is 10.3. The zero-order valence-corrected chi connectivity index (χ0v) is 41.7. The van der Waals surface area contributed by atoms with Crippen molar-refractivity contribution in [1.82, 2.24) is 24.8 Å². The second-order valence-electron chi connectivity index (χ2n) is 20.8. The van der Waals surface area contributed by atoms with Gasteiger partial charge in [0.15, 0.2) is 12.6 Å². The lowest BCUT2D eigenvalue weighted by molar-refractivity contribution is 0.0122. The molecular formula is C51H68F2N6O6Si. The molecule has 2 aromatic heterocycles. The summed E-state index contributed by atoms with van der Waals surface area (Å²) in [6, 6.07) is 6.65. The first kappa shape index (κ1) is 47.9. The number of anilines is 1. The van der Waals surface area contributed by atoms with Gasteiger partial charge in [-0.1, -0.05) is 53.5 Å². The minimum atomic E-state index is -2.32. The number of hydrogen-bond donors (Lipinski definition) is 0. The summed E-state index contributed by atoms with van der Waals surface area (Å²) in [5.41, 5.74) is 4.30. The van der Waals surface area contributed by atoms with Crippen molar-refractivity contribution in [3.05, 3.63) is 47.7 Å². The molecule has 2 unspecified atom stereocenters. The Kier molecular flexibility index (Phi) is 13.6. The summed E-state index contributed by atoms with van der Waals surface area (Å²) in [5, 5.41) is 1.45. The van der Waals surface area contributed by atoms with Crippen LogP contribution in [0.2, 0.25) is 16.6 Å². The third-order valence-corrected chi connectivity index (χ3v) is 21.1.